The number of esters is 1. The molecule has 0 bridgehead atoms. The molecule has 24 heavy (non-hydrogen) atoms. The van der Waals surface area contributed by atoms with Crippen LogP contribution in [0.15, 0.2) is 48.5 Å². The first-order chi connectivity index (χ1) is 11.6. The number of rotatable bonds is 4. The third-order valence-corrected chi connectivity index (χ3v) is 4.38. The molecule has 0 unspecified atom stereocenters. The molecule has 0 aliphatic heterocycles. The summed E-state index contributed by atoms with van der Waals surface area (Å²) in [6.45, 7) is 0. The van der Waals surface area contributed by atoms with E-state index in [0.717, 1.165) is 25.7 Å². The lowest BCUT2D eigenvalue weighted by atomic mass is 9.89. The first-order valence-corrected chi connectivity index (χ1v) is 8.25. The van der Waals surface area contributed by atoms with Crippen LogP contribution in [0, 0.1) is 11.7 Å². The zero-order chi connectivity index (χ0) is 16.9. The Hall–Kier alpha value is -2.49. The summed E-state index contributed by atoms with van der Waals surface area (Å²) in [6.07, 6.45) is 5.11. The Morgan fingerprint density at radius 2 is 1.38 bits per heavy atom. The van der Waals surface area contributed by atoms with E-state index in [1.807, 2.05) is 0 Å². The van der Waals surface area contributed by atoms with Gasteiger partial charge in [-0.3, -0.25) is 9.59 Å². The lowest BCUT2D eigenvalue weighted by Crippen LogP contribution is -2.22. The predicted molar refractivity (Wildman–Crippen MR) is 88.5 cm³/mol. The predicted octanol–water partition coefficient (Wildman–Crippen LogP) is 4.54. The molecule has 1 aliphatic rings. The minimum Gasteiger partial charge on any atom is -0.426 e. The van der Waals surface area contributed by atoms with Crippen molar-refractivity contribution in [3.8, 4) is 5.75 Å². The van der Waals surface area contributed by atoms with E-state index < -0.39 is 0 Å². The van der Waals surface area contributed by atoms with Crippen LogP contribution in [0.2, 0.25) is 0 Å². The highest BCUT2D eigenvalue weighted by Crippen LogP contribution is 2.26. The zero-order valence-corrected chi connectivity index (χ0v) is 13.3. The molecule has 0 amide bonds. The third-order valence-electron chi connectivity index (χ3n) is 4.38. The van der Waals surface area contributed by atoms with E-state index in [-0.39, 0.29) is 23.5 Å². The molecule has 0 atom stereocenters. The van der Waals surface area contributed by atoms with E-state index in [0.29, 0.717) is 16.9 Å². The normalized spacial score (nSPS) is 15.0. The number of ether oxygens (including phenoxy) is 1. The van der Waals surface area contributed by atoms with Crippen LogP contribution in [0.4, 0.5) is 4.39 Å². The van der Waals surface area contributed by atoms with Crippen molar-refractivity contribution < 1.29 is 18.7 Å². The van der Waals surface area contributed by atoms with Crippen LogP contribution >= 0.6 is 0 Å². The maximum atomic E-state index is 12.9. The van der Waals surface area contributed by atoms with E-state index in [1.54, 1.807) is 24.3 Å². The highest BCUT2D eigenvalue weighted by Gasteiger charge is 2.23. The Labute approximate surface area is 140 Å². The Morgan fingerprint density at radius 3 is 1.96 bits per heavy atom. The maximum Gasteiger partial charge on any atom is 0.314 e. The van der Waals surface area contributed by atoms with E-state index in [1.165, 1.54) is 30.7 Å². The number of carbonyl (C=O) groups excluding carboxylic acids is 2. The van der Waals surface area contributed by atoms with E-state index in [9.17, 15) is 14.0 Å². The second-order valence-corrected chi connectivity index (χ2v) is 6.12. The number of hydrogen-bond donors (Lipinski definition) is 0. The Bertz CT molecular complexity index is 714. The average molecular weight is 326 g/mol. The molecule has 0 aromatic heterocycles. The molecule has 0 saturated heterocycles. The van der Waals surface area contributed by atoms with Crippen molar-refractivity contribution >= 4 is 11.8 Å². The summed E-state index contributed by atoms with van der Waals surface area (Å²) in [5.74, 6) is -0.329. The first kappa shape index (κ1) is 16.4. The molecule has 2 aromatic rings. The summed E-state index contributed by atoms with van der Waals surface area (Å²) in [5.41, 5.74) is 0.891. The molecule has 0 N–H and O–H groups in total. The second-order valence-electron chi connectivity index (χ2n) is 6.12. The topological polar surface area (TPSA) is 43.4 Å². The Morgan fingerprint density at radius 1 is 0.833 bits per heavy atom. The van der Waals surface area contributed by atoms with Gasteiger partial charge in [0, 0.05) is 11.1 Å². The van der Waals surface area contributed by atoms with Crippen molar-refractivity contribution in [2.75, 3.05) is 0 Å². The third kappa shape index (κ3) is 3.88. The maximum absolute atomic E-state index is 12.9. The van der Waals surface area contributed by atoms with Gasteiger partial charge in [-0.05, 0) is 61.4 Å². The highest BCUT2D eigenvalue weighted by atomic mass is 19.1. The van der Waals surface area contributed by atoms with Crippen molar-refractivity contribution in [1.82, 2.24) is 0 Å². The van der Waals surface area contributed by atoms with Gasteiger partial charge in [-0.15, -0.1) is 0 Å². The first-order valence-electron chi connectivity index (χ1n) is 8.25. The molecule has 1 saturated carbocycles. The lowest BCUT2D eigenvalue weighted by molar-refractivity contribution is -0.139. The Balaban J connectivity index is 1.65. The van der Waals surface area contributed by atoms with Crippen LogP contribution in [0.1, 0.15) is 48.0 Å². The van der Waals surface area contributed by atoms with Gasteiger partial charge in [0.2, 0.25) is 0 Å². The molecule has 0 spiro atoms. The van der Waals surface area contributed by atoms with Crippen LogP contribution in [-0.4, -0.2) is 11.8 Å². The molecule has 3 nitrogen and oxygen atoms in total. The van der Waals surface area contributed by atoms with Crippen molar-refractivity contribution in [3.63, 3.8) is 0 Å². The zero-order valence-electron chi connectivity index (χ0n) is 13.3. The van der Waals surface area contributed by atoms with Gasteiger partial charge in [-0.2, -0.15) is 0 Å². The van der Waals surface area contributed by atoms with Crippen molar-refractivity contribution in [2.24, 2.45) is 5.92 Å². The molecule has 1 fully saturated rings. The number of carbonyl (C=O) groups is 2. The fraction of sp³-hybridized carbons (Fsp3) is 0.300. The van der Waals surface area contributed by atoms with Gasteiger partial charge in [0.25, 0.3) is 0 Å². The minimum absolute atomic E-state index is 0.0146. The van der Waals surface area contributed by atoms with E-state index in [4.69, 9.17) is 4.74 Å². The lowest BCUT2D eigenvalue weighted by Gasteiger charge is -2.19. The SMILES string of the molecule is O=C(c1ccc(F)cc1)c1ccc(OC(=O)C2CCCCC2)cc1. The van der Waals surface area contributed by atoms with Crippen molar-refractivity contribution in [2.45, 2.75) is 32.1 Å². The van der Waals surface area contributed by atoms with Gasteiger partial charge in [-0.25, -0.2) is 4.39 Å². The molecular formula is C20H19FO3. The van der Waals surface area contributed by atoms with Crippen LogP contribution in [0.25, 0.3) is 0 Å². The summed E-state index contributed by atoms with van der Waals surface area (Å²) in [7, 11) is 0. The monoisotopic (exact) mass is 326 g/mol. The molecular weight excluding hydrogens is 307 g/mol. The largest absolute Gasteiger partial charge is 0.426 e. The van der Waals surface area contributed by atoms with Crippen LogP contribution < -0.4 is 4.74 Å². The fourth-order valence-corrected chi connectivity index (χ4v) is 2.98. The standard InChI is InChI=1S/C20H19FO3/c21-17-10-6-14(7-11-17)19(22)15-8-12-18(13-9-15)24-20(23)16-4-2-1-3-5-16/h6-13,16H,1-5H2. The van der Waals surface area contributed by atoms with Gasteiger partial charge >= 0.3 is 5.97 Å². The highest BCUT2D eigenvalue weighted by molar-refractivity contribution is 6.09. The summed E-state index contributed by atoms with van der Waals surface area (Å²) in [5, 5.41) is 0. The van der Waals surface area contributed by atoms with Crippen molar-refractivity contribution in [1.29, 1.82) is 0 Å². The average Bonchev–Trinajstić information content (AvgIpc) is 2.63. The van der Waals surface area contributed by atoms with Crippen LogP contribution in [-0.2, 0) is 4.79 Å². The molecule has 1 aliphatic carbocycles. The minimum atomic E-state index is -0.378. The van der Waals surface area contributed by atoms with Crippen molar-refractivity contribution in [3.05, 3.63) is 65.5 Å². The molecule has 0 radical (unpaired) electrons. The number of ketones is 1. The quantitative estimate of drug-likeness (QED) is 0.470. The van der Waals surface area contributed by atoms with Gasteiger partial charge in [0.1, 0.15) is 11.6 Å². The smallest absolute Gasteiger partial charge is 0.314 e. The molecule has 124 valence electrons. The van der Waals surface area contributed by atoms with Gasteiger partial charge in [0.05, 0.1) is 5.92 Å². The summed E-state index contributed by atoms with van der Waals surface area (Å²) in [6, 6.07) is 11.9. The molecule has 4 heteroatoms. The van der Waals surface area contributed by atoms with Gasteiger partial charge < -0.3 is 4.74 Å². The Kier molecular flexibility index (Phi) is 5.04. The van der Waals surface area contributed by atoms with Gasteiger partial charge in [-0.1, -0.05) is 19.3 Å². The molecule has 2 aromatic carbocycles. The van der Waals surface area contributed by atoms with Crippen LogP contribution in [0.3, 0.4) is 0 Å². The summed E-state index contributed by atoms with van der Waals surface area (Å²) < 4.78 is 18.3. The van der Waals surface area contributed by atoms with E-state index in [2.05, 4.69) is 0 Å². The number of halogens is 1. The van der Waals surface area contributed by atoms with Gasteiger partial charge in [0.15, 0.2) is 5.78 Å². The number of benzene rings is 2. The second kappa shape index (κ2) is 7.39. The molecule has 3 rings (SSSR count). The fourth-order valence-electron chi connectivity index (χ4n) is 2.98. The molecule has 0 heterocycles. The van der Waals surface area contributed by atoms with E-state index >= 15 is 0 Å². The summed E-state index contributed by atoms with van der Waals surface area (Å²) >= 11 is 0. The summed E-state index contributed by atoms with van der Waals surface area (Å²) in [4.78, 5) is 24.4. The van der Waals surface area contributed by atoms with Crippen LogP contribution in [0.5, 0.6) is 5.75 Å². The number of hydrogen-bond acceptors (Lipinski definition) is 3.